The minimum Gasteiger partial charge on any atom is -0.395 e. The summed E-state index contributed by atoms with van der Waals surface area (Å²) in [5.74, 6) is -0.620. The van der Waals surface area contributed by atoms with Gasteiger partial charge in [0, 0.05) is 37.1 Å². The van der Waals surface area contributed by atoms with Crippen molar-refractivity contribution in [3.8, 4) is 0 Å². The van der Waals surface area contributed by atoms with Gasteiger partial charge in [0.1, 0.15) is 13.2 Å². The first-order chi connectivity index (χ1) is 13.3. The minimum absolute atomic E-state index is 0.0118. The quantitative estimate of drug-likeness (QED) is 0.467. The van der Waals surface area contributed by atoms with E-state index in [-0.39, 0.29) is 56.0 Å². The number of carbonyl (C=O) groups excluding carboxylic acids is 3. The van der Waals surface area contributed by atoms with E-state index >= 15 is 0 Å². The molecule has 0 radical (unpaired) electrons. The van der Waals surface area contributed by atoms with E-state index in [9.17, 15) is 14.4 Å². The van der Waals surface area contributed by atoms with Gasteiger partial charge in [-0.2, -0.15) is 0 Å². The van der Waals surface area contributed by atoms with E-state index < -0.39 is 5.41 Å². The molecular formula is C21H41N3O5. The van der Waals surface area contributed by atoms with Crippen molar-refractivity contribution in [2.75, 3.05) is 52.5 Å². The smallest absolute Gasteiger partial charge is 0.249 e. The van der Waals surface area contributed by atoms with Gasteiger partial charge in [-0.25, -0.2) is 0 Å². The molecule has 0 aliphatic rings. The summed E-state index contributed by atoms with van der Waals surface area (Å²) >= 11 is 0. The maximum Gasteiger partial charge on any atom is 0.249 e. The first-order valence-electron chi connectivity index (χ1n) is 10.3. The number of aliphatic hydroxyl groups excluding tert-OH is 1. The molecule has 0 aliphatic carbocycles. The van der Waals surface area contributed by atoms with Crippen molar-refractivity contribution < 1.29 is 24.2 Å². The summed E-state index contributed by atoms with van der Waals surface area (Å²) in [4.78, 5) is 40.2. The van der Waals surface area contributed by atoms with E-state index in [4.69, 9.17) is 9.84 Å². The predicted octanol–water partition coefficient (Wildman–Crippen LogP) is 1.07. The zero-order valence-electron chi connectivity index (χ0n) is 19.3. The van der Waals surface area contributed by atoms with Crippen LogP contribution in [0.15, 0.2) is 0 Å². The number of hydrogen-bond donors (Lipinski definition) is 2. The number of amides is 2. The molecule has 170 valence electrons. The lowest BCUT2D eigenvalue weighted by Crippen LogP contribution is -2.47. The predicted molar refractivity (Wildman–Crippen MR) is 114 cm³/mol. The second-order valence-corrected chi connectivity index (χ2v) is 9.26. The zero-order valence-corrected chi connectivity index (χ0v) is 19.3. The molecule has 0 rings (SSSR count). The van der Waals surface area contributed by atoms with Gasteiger partial charge in [-0.1, -0.05) is 27.7 Å². The van der Waals surface area contributed by atoms with Crippen molar-refractivity contribution in [2.24, 2.45) is 5.41 Å². The molecule has 0 spiro atoms. The number of hydrogen-bond acceptors (Lipinski definition) is 6. The average molecular weight is 416 g/mol. The molecule has 2 amide bonds. The van der Waals surface area contributed by atoms with E-state index in [0.29, 0.717) is 19.6 Å². The Balaban J connectivity index is 4.79. The van der Waals surface area contributed by atoms with Crippen molar-refractivity contribution in [2.45, 2.75) is 60.4 Å². The molecule has 0 aromatic heterocycles. The van der Waals surface area contributed by atoms with Crippen LogP contribution in [0, 0.1) is 5.41 Å². The Morgan fingerprint density at radius 3 is 1.90 bits per heavy atom. The highest BCUT2D eigenvalue weighted by Gasteiger charge is 2.26. The van der Waals surface area contributed by atoms with Crippen LogP contribution in [-0.2, 0) is 19.1 Å². The van der Waals surface area contributed by atoms with Crippen molar-refractivity contribution in [3.63, 3.8) is 0 Å². The van der Waals surface area contributed by atoms with E-state index in [2.05, 4.69) is 5.32 Å². The topological polar surface area (TPSA) is 99.2 Å². The van der Waals surface area contributed by atoms with Crippen LogP contribution in [0.4, 0.5) is 0 Å². The van der Waals surface area contributed by atoms with Gasteiger partial charge in [-0.05, 0) is 27.2 Å². The van der Waals surface area contributed by atoms with Crippen LogP contribution in [0.2, 0.25) is 0 Å². The molecule has 0 aliphatic heterocycles. The molecule has 2 N–H and O–H groups in total. The summed E-state index contributed by atoms with van der Waals surface area (Å²) < 4.78 is 5.33. The van der Waals surface area contributed by atoms with Crippen LogP contribution in [0.5, 0.6) is 0 Å². The van der Waals surface area contributed by atoms with Gasteiger partial charge in [0.15, 0.2) is 5.78 Å². The van der Waals surface area contributed by atoms with Crippen molar-refractivity contribution in [3.05, 3.63) is 0 Å². The third-order valence-corrected chi connectivity index (χ3v) is 4.23. The molecule has 8 heteroatoms. The molecule has 0 atom stereocenters. The van der Waals surface area contributed by atoms with Crippen LogP contribution in [0.25, 0.3) is 0 Å². The Bertz CT molecular complexity index is 517. The van der Waals surface area contributed by atoms with Gasteiger partial charge in [0.2, 0.25) is 11.8 Å². The SMILES string of the molecule is CCCN(CCO)C(=O)COCC(=O)N(CCNC(C)(C)C)CC(=O)C(C)(C)C. The van der Waals surface area contributed by atoms with Crippen molar-refractivity contribution >= 4 is 17.6 Å². The highest BCUT2D eigenvalue weighted by atomic mass is 16.5. The third-order valence-electron chi connectivity index (χ3n) is 4.23. The largest absolute Gasteiger partial charge is 0.395 e. The molecule has 0 aromatic rings. The van der Waals surface area contributed by atoms with E-state index in [1.54, 1.807) is 0 Å². The van der Waals surface area contributed by atoms with Gasteiger partial charge in [-0.15, -0.1) is 0 Å². The Labute approximate surface area is 175 Å². The number of nitrogens with zero attached hydrogens (tertiary/aromatic N) is 2. The number of Topliss-reactive ketones (excluding diaryl/α,β-unsaturated/α-hetero) is 1. The highest BCUT2D eigenvalue weighted by molar-refractivity contribution is 5.89. The molecule has 29 heavy (non-hydrogen) atoms. The van der Waals surface area contributed by atoms with Crippen LogP contribution in [0.3, 0.4) is 0 Å². The lowest BCUT2D eigenvalue weighted by atomic mass is 9.90. The molecule has 0 fully saturated rings. The lowest BCUT2D eigenvalue weighted by molar-refractivity contribution is -0.145. The molecule has 0 aromatic carbocycles. The number of nitrogens with one attached hydrogen (secondary N) is 1. The van der Waals surface area contributed by atoms with E-state index in [0.717, 1.165) is 6.42 Å². The summed E-state index contributed by atoms with van der Waals surface area (Å²) in [5, 5.41) is 12.4. The Morgan fingerprint density at radius 1 is 0.897 bits per heavy atom. The molecule has 0 bridgehead atoms. The van der Waals surface area contributed by atoms with E-state index in [1.807, 2.05) is 48.5 Å². The first-order valence-corrected chi connectivity index (χ1v) is 10.3. The van der Waals surface area contributed by atoms with Crippen LogP contribution in [-0.4, -0.2) is 90.6 Å². The number of ketones is 1. The van der Waals surface area contributed by atoms with Crippen molar-refractivity contribution in [1.29, 1.82) is 0 Å². The standard InChI is InChI=1S/C21H41N3O5/c1-8-10-23(12-13-25)18(27)15-29-16-19(28)24(11-9-22-21(5,6)7)14-17(26)20(2,3)4/h22,25H,8-16H2,1-7H3. The van der Waals surface area contributed by atoms with Gasteiger partial charge in [0.25, 0.3) is 0 Å². The van der Waals surface area contributed by atoms with Gasteiger partial charge < -0.3 is 25.0 Å². The summed E-state index contributed by atoms with van der Waals surface area (Å²) in [6.07, 6.45) is 0.772. The molecule has 0 saturated heterocycles. The summed E-state index contributed by atoms with van der Waals surface area (Å²) in [5.41, 5.74) is -0.640. The number of carbonyl (C=O) groups is 3. The number of rotatable bonds is 13. The minimum atomic E-state index is -0.544. The Kier molecular flexibility index (Phi) is 12.3. The molecule has 0 unspecified atom stereocenters. The second kappa shape index (κ2) is 12.9. The molecule has 0 saturated carbocycles. The molecular weight excluding hydrogens is 374 g/mol. The van der Waals surface area contributed by atoms with Gasteiger partial charge in [-0.3, -0.25) is 14.4 Å². The van der Waals surface area contributed by atoms with Crippen LogP contribution >= 0.6 is 0 Å². The van der Waals surface area contributed by atoms with Crippen LogP contribution < -0.4 is 5.32 Å². The number of ether oxygens (including phenoxy) is 1. The Hall–Kier alpha value is -1.51. The monoisotopic (exact) mass is 415 g/mol. The second-order valence-electron chi connectivity index (χ2n) is 9.26. The number of aliphatic hydroxyl groups is 1. The maximum absolute atomic E-state index is 12.6. The Morgan fingerprint density at radius 2 is 1.45 bits per heavy atom. The fourth-order valence-electron chi connectivity index (χ4n) is 2.43. The van der Waals surface area contributed by atoms with Gasteiger partial charge >= 0.3 is 0 Å². The summed E-state index contributed by atoms with van der Waals surface area (Å²) in [6, 6.07) is 0. The van der Waals surface area contributed by atoms with Crippen molar-refractivity contribution in [1.82, 2.24) is 15.1 Å². The fraction of sp³-hybridized carbons (Fsp3) is 0.857. The van der Waals surface area contributed by atoms with Gasteiger partial charge in [0.05, 0.1) is 13.2 Å². The highest BCUT2D eigenvalue weighted by Crippen LogP contribution is 2.15. The third kappa shape index (κ3) is 12.6. The fourth-order valence-corrected chi connectivity index (χ4v) is 2.43. The van der Waals surface area contributed by atoms with Crippen LogP contribution in [0.1, 0.15) is 54.9 Å². The first kappa shape index (κ1) is 27.5. The molecule has 8 nitrogen and oxygen atoms in total. The normalized spacial score (nSPS) is 12.0. The molecule has 0 heterocycles. The summed E-state index contributed by atoms with van der Waals surface area (Å²) in [7, 11) is 0. The maximum atomic E-state index is 12.6. The van der Waals surface area contributed by atoms with E-state index in [1.165, 1.54) is 9.80 Å². The summed E-state index contributed by atoms with van der Waals surface area (Å²) in [6.45, 7) is 14.6. The average Bonchev–Trinajstić information content (AvgIpc) is 2.58. The lowest BCUT2D eigenvalue weighted by Gasteiger charge is -2.28. The zero-order chi connectivity index (χ0) is 22.7.